The molecule has 1 saturated heterocycles. The van der Waals surface area contributed by atoms with Gasteiger partial charge in [-0.05, 0) is 62.4 Å². The molecule has 0 amide bonds. The Morgan fingerprint density at radius 1 is 1.47 bits per heavy atom. The summed E-state index contributed by atoms with van der Waals surface area (Å²) < 4.78 is 13.3. The minimum atomic E-state index is -0.0729. The van der Waals surface area contributed by atoms with Gasteiger partial charge in [0.05, 0.1) is 0 Å². The number of nitrogens with one attached hydrogen (secondary N) is 1. The topological polar surface area (TPSA) is 12.0 Å². The molecule has 1 aliphatic heterocycles. The van der Waals surface area contributed by atoms with E-state index in [0.29, 0.717) is 5.92 Å². The van der Waals surface area contributed by atoms with Crippen molar-refractivity contribution in [3.05, 3.63) is 35.1 Å². The summed E-state index contributed by atoms with van der Waals surface area (Å²) in [5, 5.41) is 3.39. The molecular formula is C13H18FN. The summed E-state index contributed by atoms with van der Waals surface area (Å²) in [6.45, 7) is 4.02. The summed E-state index contributed by atoms with van der Waals surface area (Å²) in [5.74, 6) is 0.608. The number of aryl methyl sites for hydroxylation is 1. The predicted molar refractivity (Wildman–Crippen MR) is 60.4 cm³/mol. The number of hydrogen-bond donors (Lipinski definition) is 1. The minimum Gasteiger partial charge on any atom is -0.316 e. The standard InChI is InChI=1S/C13H18FN/c1-10-4-5-11(8-13(10)14)7-12-3-2-6-15-9-12/h4-5,8,12,15H,2-3,6-7,9H2,1H3. The molecule has 2 heteroatoms. The molecule has 1 aromatic rings. The van der Waals surface area contributed by atoms with Crippen molar-refractivity contribution < 1.29 is 4.39 Å². The van der Waals surface area contributed by atoms with Gasteiger partial charge in [-0.3, -0.25) is 0 Å². The quantitative estimate of drug-likeness (QED) is 0.786. The van der Waals surface area contributed by atoms with E-state index in [1.165, 1.54) is 12.8 Å². The first-order chi connectivity index (χ1) is 7.25. The third-order valence-electron chi connectivity index (χ3n) is 3.16. The van der Waals surface area contributed by atoms with Gasteiger partial charge in [0.25, 0.3) is 0 Å². The Bertz CT molecular complexity index is 329. The van der Waals surface area contributed by atoms with Crippen LogP contribution in [-0.4, -0.2) is 13.1 Å². The second-order valence-electron chi connectivity index (χ2n) is 4.50. The van der Waals surface area contributed by atoms with Crippen LogP contribution in [0.25, 0.3) is 0 Å². The molecule has 1 unspecified atom stereocenters. The van der Waals surface area contributed by atoms with Gasteiger partial charge in [0, 0.05) is 0 Å². The van der Waals surface area contributed by atoms with E-state index in [4.69, 9.17) is 0 Å². The zero-order chi connectivity index (χ0) is 10.7. The smallest absolute Gasteiger partial charge is 0.126 e. The molecule has 0 saturated carbocycles. The van der Waals surface area contributed by atoms with Crippen LogP contribution in [0.4, 0.5) is 4.39 Å². The summed E-state index contributed by atoms with van der Waals surface area (Å²) in [4.78, 5) is 0. The lowest BCUT2D eigenvalue weighted by Gasteiger charge is -2.22. The maximum absolute atomic E-state index is 13.3. The fourth-order valence-corrected chi connectivity index (χ4v) is 2.19. The third-order valence-corrected chi connectivity index (χ3v) is 3.16. The molecule has 0 aliphatic carbocycles. The first-order valence-corrected chi connectivity index (χ1v) is 5.71. The maximum atomic E-state index is 13.3. The zero-order valence-corrected chi connectivity index (χ0v) is 9.22. The van der Waals surface area contributed by atoms with Crippen LogP contribution >= 0.6 is 0 Å². The maximum Gasteiger partial charge on any atom is 0.126 e. The molecule has 0 bridgehead atoms. The van der Waals surface area contributed by atoms with E-state index in [0.717, 1.165) is 30.6 Å². The van der Waals surface area contributed by atoms with Gasteiger partial charge in [0.1, 0.15) is 5.82 Å². The zero-order valence-electron chi connectivity index (χ0n) is 9.22. The number of piperidine rings is 1. The van der Waals surface area contributed by atoms with Crippen LogP contribution in [0, 0.1) is 18.7 Å². The van der Waals surface area contributed by atoms with Gasteiger partial charge in [-0.2, -0.15) is 0 Å². The number of hydrogen-bond acceptors (Lipinski definition) is 1. The van der Waals surface area contributed by atoms with Gasteiger partial charge in [-0.15, -0.1) is 0 Å². The molecule has 1 aliphatic rings. The lowest BCUT2D eigenvalue weighted by molar-refractivity contribution is 0.375. The highest BCUT2D eigenvalue weighted by atomic mass is 19.1. The average Bonchev–Trinajstić information content (AvgIpc) is 2.25. The van der Waals surface area contributed by atoms with Crippen molar-refractivity contribution in [2.24, 2.45) is 5.92 Å². The van der Waals surface area contributed by atoms with E-state index in [2.05, 4.69) is 5.32 Å². The molecule has 15 heavy (non-hydrogen) atoms. The predicted octanol–water partition coefficient (Wildman–Crippen LogP) is 2.68. The first-order valence-electron chi connectivity index (χ1n) is 5.71. The van der Waals surface area contributed by atoms with Crippen LogP contribution in [0.5, 0.6) is 0 Å². The van der Waals surface area contributed by atoms with Crippen LogP contribution < -0.4 is 5.32 Å². The van der Waals surface area contributed by atoms with Gasteiger partial charge in [-0.25, -0.2) is 4.39 Å². The summed E-state index contributed by atoms with van der Waals surface area (Å²) in [5.41, 5.74) is 1.87. The SMILES string of the molecule is Cc1ccc(CC2CCCNC2)cc1F. The lowest BCUT2D eigenvalue weighted by atomic mass is 9.92. The molecule has 0 spiro atoms. The van der Waals surface area contributed by atoms with Gasteiger partial charge >= 0.3 is 0 Å². The highest BCUT2D eigenvalue weighted by molar-refractivity contribution is 5.23. The van der Waals surface area contributed by atoms with Crippen LogP contribution in [-0.2, 0) is 6.42 Å². The second kappa shape index (κ2) is 4.75. The normalized spacial score (nSPS) is 21.6. The van der Waals surface area contributed by atoms with Crippen LogP contribution in [0.2, 0.25) is 0 Å². The van der Waals surface area contributed by atoms with Gasteiger partial charge in [-0.1, -0.05) is 12.1 Å². The summed E-state index contributed by atoms with van der Waals surface area (Å²) in [6, 6.07) is 5.61. The van der Waals surface area contributed by atoms with E-state index in [9.17, 15) is 4.39 Å². The largest absolute Gasteiger partial charge is 0.316 e. The van der Waals surface area contributed by atoms with Crippen molar-refractivity contribution in [3.8, 4) is 0 Å². The molecule has 82 valence electrons. The van der Waals surface area contributed by atoms with Crippen molar-refractivity contribution in [2.75, 3.05) is 13.1 Å². The van der Waals surface area contributed by atoms with E-state index in [-0.39, 0.29) is 5.82 Å². The van der Waals surface area contributed by atoms with E-state index in [1.54, 1.807) is 13.0 Å². The van der Waals surface area contributed by atoms with Crippen molar-refractivity contribution in [1.82, 2.24) is 5.32 Å². The van der Waals surface area contributed by atoms with Crippen LogP contribution in [0.1, 0.15) is 24.0 Å². The monoisotopic (exact) mass is 207 g/mol. The molecular weight excluding hydrogens is 189 g/mol. The summed E-state index contributed by atoms with van der Waals surface area (Å²) in [6.07, 6.45) is 3.52. The van der Waals surface area contributed by atoms with Crippen molar-refractivity contribution in [3.63, 3.8) is 0 Å². The Morgan fingerprint density at radius 3 is 3.00 bits per heavy atom. The van der Waals surface area contributed by atoms with Crippen molar-refractivity contribution >= 4 is 0 Å². The Kier molecular flexibility index (Phi) is 3.37. The summed E-state index contributed by atoms with van der Waals surface area (Å²) in [7, 11) is 0. The van der Waals surface area contributed by atoms with Gasteiger partial charge in [0.2, 0.25) is 0 Å². The molecule has 1 aromatic carbocycles. The Hall–Kier alpha value is -0.890. The molecule has 1 fully saturated rings. The highest BCUT2D eigenvalue weighted by Gasteiger charge is 2.13. The number of halogens is 1. The Labute approximate surface area is 90.7 Å². The van der Waals surface area contributed by atoms with Gasteiger partial charge in [0.15, 0.2) is 0 Å². The van der Waals surface area contributed by atoms with Gasteiger partial charge < -0.3 is 5.32 Å². The first kappa shape index (κ1) is 10.6. The average molecular weight is 207 g/mol. The molecule has 0 radical (unpaired) electrons. The third kappa shape index (κ3) is 2.78. The molecule has 1 nitrogen and oxygen atoms in total. The fourth-order valence-electron chi connectivity index (χ4n) is 2.19. The molecule has 0 aromatic heterocycles. The molecule has 1 atom stereocenters. The van der Waals surface area contributed by atoms with E-state index in [1.807, 2.05) is 12.1 Å². The second-order valence-corrected chi connectivity index (χ2v) is 4.50. The Morgan fingerprint density at radius 2 is 2.33 bits per heavy atom. The molecule has 1 heterocycles. The molecule has 2 rings (SSSR count). The van der Waals surface area contributed by atoms with Crippen molar-refractivity contribution in [1.29, 1.82) is 0 Å². The van der Waals surface area contributed by atoms with E-state index < -0.39 is 0 Å². The number of benzene rings is 1. The lowest BCUT2D eigenvalue weighted by Crippen LogP contribution is -2.30. The highest BCUT2D eigenvalue weighted by Crippen LogP contribution is 2.18. The van der Waals surface area contributed by atoms with E-state index >= 15 is 0 Å². The Balaban J connectivity index is 2.00. The fraction of sp³-hybridized carbons (Fsp3) is 0.538. The molecule has 1 N–H and O–H groups in total. The minimum absolute atomic E-state index is 0.0729. The summed E-state index contributed by atoms with van der Waals surface area (Å²) >= 11 is 0. The van der Waals surface area contributed by atoms with Crippen LogP contribution in [0.15, 0.2) is 18.2 Å². The van der Waals surface area contributed by atoms with Crippen LogP contribution in [0.3, 0.4) is 0 Å². The number of rotatable bonds is 2. The van der Waals surface area contributed by atoms with Crippen molar-refractivity contribution in [2.45, 2.75) is 26.2 Å².